The molecule has 0 aliphatic carbocycles. The molecule has 0 fully saturated rings. The summed E-state index contributed by atoms with van der Waals surface area (Å²) in [5.41, 5.74) is 2.41. The first-order valence-corrected chi connectivity index (χ1v) is 9.70. The minimum atomic E-state index is -0.0582. The highest BCUT2D eigenvalue weighted by molar-refractivity contribution is 8.45. The number of fused-ring (bicyclic) bond motifs is 1. The maximum absolute atomic E-state index is 12.3. The quantitative estimate of drug-likeness (QED) is 0.731. The molecule has 0 radical (unpaired) electrons. The van der Waals surface area contributed by atoms with E-state index in [1.165, 1.54) is 17.3 Å². The summed E-state index contributed by atoms with van der Waals surface area (Å²) < 4.78 is 16.9. The molecule has 2 heterocycles. The summed E-state index contributed by atoms with van der Waals surface area (Å²) in [6.45, 7) is 0.166. The fraction of sp³-hybridized carbons (Fsp3) is 0.158. The molecule has 0 atom stereocenters. The molecule has 0 amide bonds. The predicted molar refractivity (Wildman–Crippen MR) is 105 cm³/mol. The molecule has 0 unspecified atom stereocenters. The van der Waals surface area contributed by atoms with Gasteiger partial charge in [0.05, 0.1) is 7.11 Å². The minimum Gasteiger partial charge on any atom is -0.493 e. The second-order valence-corrected chi connectivity index (χ2v) is 7.71. The minimum absolute atomic E-state index is 0.0582. The van der Waals surface area contributed by atoms with Crippen molar-refractivity contribution < 1.29 is 19.0 Å². The van der Waals surface area contributed by atoms with Gasteiger partial charge in [-0.1, -0.05) is 42.1 Å². The smallest absolute Gasteiger partial charge is 0.244 e. The van der Waals surface area contributed by atoms with Gasteiger partial charge >= 0.3 is 0 Å². The van der Waals surface area contributed by atoms with Gasteiger partial charge in [-0.25, -0.2) is 4.99 Å². The third-order valence-electron chi connectivity index (χ3n) is 3.79. The van der Waals surface area contributed by atoms with Crippen LogP contribution in [0, 0.1) is 0 Å². The molecule has 0 spiro atoms. The Labute approximate surface area is 159 Å². The van der Waals surface area contributed by atoms with Crippen molar-refractivity contribution in [1.29, 1.82) is 0 Å². The number of aliphatic imine (C=N–C) groups is 1. The summed E-state index contributed by atoms with van der Waals surface area (Å²) in [6, 6.07) is 13.7. The zero-order valence-corrected chi connectivity index (χ0v) is 15.6. The van der Waals surface area contributed by atoms with Crippen LogP contribution in [0.15, 0.2) is 53.2 Å². The molecular formula is C19H15NO4S2. The van der Waals surface area contributed by atoms with E-state index in [0.717, 1.165) is 15.7 Å². The zero-order valence-electron chi connectivity index (χ0n) is 13.9. The highest BCUT2D eigenvalue weighted by atomic mass is 32.2. The van der Waals surface area contributed by atoms with Crippen LogP contribution in [0.2, 0.25) is 0 Å². The second kappa shape index (κ2) is 7.47. The van der Waals surface area contributed by atoms with Crippen LogP contribution >= 0.6 is 23.5 Å². The third-order valence-corrected chi connectivity index (χ3v) is 5.87. The van der Waals surface area contributed by atoms with Crippen LogP contribution in [-0.4, -0.2) is 23.4 Å². The Kier molecular flexibility index (Phi) is 4.90. The van der Waals surface area contributed by atoms with Crippen molar-refractivity contribution in [1.82, 2.24) is 0 Å². The summed E-state index contributed by atoms with van der Waals surface area (Å²) in [6.07, 6.45) is 1.75. The zero-order chi connectivity index (χ0) is 17.9. The molecule has 0 saturated carbocycles. The summed E-state index contributed by atoms with van der Waals surface area (Å²) in [5, 5.41) is -0.0582. The Balaban J connectivity index is 1.53. The van der Waals surface area contributed by atoms with Gasteiger partial charge in [0.2, 0.25) is 17.7 Å². The van der Waals surface area contributed by atoms with Crippen molar-refractivity contribution in [3.05, 3.63) is 59.3 Å². The van der Waals surface area contributed by atoms with Crippen LogP contribution in [0.3, 0.4) is 0 Å². The number of carbonyl (C=O) groups is 1. The Bertz CT molecular complexity index is 909. The molecule has 2 aliphatic rings. The van der Waals surface area contributed by atoms with E-state index >= 15 is 0 Å². The standard InChI is InChI=1S/C19H15NO4S2/c1-22-15-8-13(9-16-17(15)24-11-23-16)7-14-18(21)26-19(20-14)25-10-12-5-3-2-4-6-12/h2-9H,10-11H2,1H3. The molecule has 0 bridgehead atoms. The number of thioether (sulfide) groups is 2. The van der Waals surface area contributed by atoms with Crippen LogP contribution in [-0.2, 0) is 10.5 Å². The largest absolute Gasteiger partial charge is 0.493 e. The highest BCUT2D eigenvalue weighted by Crippen LogP contribution is 2.42. The van der Waals surface area contributed by atoms with Gasteiger partial charge in [0.1, 0.15) is 10.1 Å². The van der Waals surface area contributed by atoms with E-state index in [1.54, 1.807) is 24.9 Å². The first-order chi connectivity index (χ1) is 12.7. The first kappa shape index (κ1) is 17.1. The number of hydrogen-bond acceptors (Lipinski definition) is 7. The lowest BCUT2D eigenvalue weighted by Gasteiger charge is -2.05. The number of ether oxygens (including phenoxy) is 3. The fourth-order valence-corrected chi connectivity index (χ4v) is 4.36. The van der Waals surface area contributed by atoms with Gasteiger partial charge in [0, 0.05) is 5.75 Å². The van der Waals surface area contributed by atoms with Crippen molar-refractivity contribution in [2.75, 3.05) is 13.9 Å². The fourth-order valence-electron chi connectivity index (χ4n) is 2.56. The van der Waals surface area contributed by atoms with E-state index in [9.17, 15) is 4.79 Å². The predicted octanol–water partition coefficient (Wildman–Crippen LogP) is 4.33. The molecule has 7 heteroatoms. The molecule has 2 aromatic carbocycles. The molecule has 0 N–H and O–H groups in total. The van der Waals surface area contributed by atoms with Crippen LogP contribution in [0.5, 0.6) is 17.2 Å². The van der Waals surface area contributed by atoms with Gasteiger partial charge in [0.15, 0.2) is 11.5 Å². The van der Waals surface area contributed by atoms with Crippen LogP contribution in [0.1, 0.15) is 11.1 Å². The number of hydrogen-bond donors (Lipinski definition) is 0. The molecule has 132 valence electrons. The van der Waals surface area contributed by atoms with Crippen molar-refractivity contribution in [2.45, 2.75) is 5.75 Å². The average molecular weight is 385 g/mol. The highest BCUT2D eigenvalue weighted by Gasteiger charge is 2.24. The van der Waals surface area contributed by atoms with E-state index in [0.29, 0.717) is 22.9 Å². The molecule has 0 saturated heterocycles. The Morgan fingerprint density at radius 3 is 2.92 bits per heavy atom. The lowest BCUT2D eigenvalue weighted by molar-refractivity contribution is -0.107. The molecule has 0 aromatic heterocycles. The summed E-state index contributed by atoms with van der Waals surface area (Å²) in [4.78, 5) is 16.7. The van der Waals surface area contributed by atoms with Gasteiger partial charge in [0.25, 0.3) is 0 Å². The topological polar surface area (TPSA) is 57.1 Å². The van der Waals surface area contributed by atoms with Crippen LogP contribution in [0.25, 0.3) is 6.08 Å². The summed E-state index contributed by atoms with van der Waals surface area (Å²) in [7, 11) is 1.57. The maximum Gasteiger partial charge on any atom is 0.244 e. The SMILES string of the molecule is COc1cc(C=C2N=C(SCc3ccccc3)SC2=O)cc2c1OCO2. The molecular weight excluding hydrogens is 370 g/mol. The molecule has 2 aliphatic heterocycles. The maximum atomic E-state index is 12.3. The van der Waals surface area contributed by atoms with Crippen LogP contribution in [0.4, 0.5) is 0 Å². The molecule has 5 nitrogen and oxygen atoms in total. The van der Waals surface area contributed by atoms with Gasteiger partial charge < -0.3 is 14.2 Å². The number of benzene rings is 2. The molecule has 4 rings (SSSR count). The van der Waals surface area contributed by atoms with E-state index < -0.39 is 0 Å². The van der Waals surface area contributed by atoms with Gasteiger partial charge in [-0.15, -0.1) is 0 Å². The summed E-state index contributed by atoms with van der Waals surface area (Å²) >= 11 is 2.73. The normalized spacial score (nSPS) is 16.9. The van der Waals surface area contributed by atoms with Crippen molar-refractivity contribution in [2.24, 2.45) is 4.99 Å². The van der Waals surface area contributed by atoms with E-state index in [4.69, 9.17) is 14.2 Å². The van der Waals surface area contributed by atoms with E-state index in [1.807, 2.05) is 30.3 Å². The third kappa shape index (κ3) is 3.59. The van der Waals surface area contributed by atoms with Gasteiger partial charge in [-0.05, 0) is 41.1 Å². The lowest BCUT2D eigenvalue weighted by atomic mass is 10.1. The van der Waals surface area contributed by atoms with Crippen molar-refractivity contribution in [3.63, 3.8) is 0 Å². The molecule has 26 heavy (non-hydrogen) atoms. The van der Waals surface area contributed by atoms with E-state index in [2.05, 4.69) is 17.1 Å². The number of rotatable bonds is 4. The monoisotopic (exact) mass is 385 g/mol. The average Bonchev–Trinajstić information content (AvgIpc) is 3.27. The Hall–Kier alpha value is -2.38. The van der Waals surface area contributed by atoms with E-state index in [-0.39, 0.29) is 11.9 Å². The van der Waals surface area contributed by atoms with Crippen molar-refractivity contribution >= 4 is 39.1 Å². The lowest BCUT2D eigenvalue weighted by Crippen LogP contribution is -1.93. The second-order valence-electron chi connectivity index (χ2n) is 5.53. The van der Waals surface area contributed by atoms with Crippen molar-refractivity contribution in [3.8, 4) is 17.2 Å². The Morgan fingerprint density at radius 1 is 1.27 bits per heavy atom. The van der Waals surface area contributed by atoms with Crippen LogP contribution < -0.4 is 14.2 Å². The number of carbonyl (C=O) groups excluding carboxylic acids is 1. The number of methoxy groups -OCH3 is 1. The number of nitrogens with zero attached hydrogens (tertiary/aromatic N) is 1. The Morgan fingerprint density at radius 2 is 2.12 bits per heavy atom. The van der Waals surface area contributed by atoms with Gasteiger partial charge in [-0.2, -0.15) is 0 Å². The molecule has 2 aromatic rings. The van der Waals surface area contributed by atoms with Gasteiger partial charge in [-0.3, -0.25) is 4.79 Å². The first-order valence-electron chi connectivity index (χ1n) is 7.90. The summed E-state index contributed by atoms with van der Waals surface area (Å²) in [5.74, 6) is 2.55.